The molecule has 0 aliphatic carbocycles. The summed E-state index contributed by atoms with van der Waals surface area (Å²) in [7, 11) is 0. The molecule has 1 aromatic rings. The van der Waals surface area contributed by atoms with Gasteiger partial charge in [0.05, 0.1) is 6.61 Å². The summed E-state index contributed by atoms with van der Waals surface area (Å²) in [6.45, 7) is 7.92. The highest BCUT2D eigenvalue weighted by molar-refractivity contribution is 5.35. The number of hydrogen-bond donors (Lipinski definition) is 2. The Kier molecular flexibility index (Phi) is 6.46. The van der Waals surface area contributed by atoms with Crippen LogP contribution in [0.3, 0.4) is 0 Å². The van der Waals surface area contributed by atoms with Crippen LogP contribution in [0.25, 0.3) is 0 Å². The first kappa shape index (κ1) is 15.8. The highest BCUT2D eigenvalue weighted by atomic mass is 16.5. The Morgan fingerprint density at radius 2 is 1.81 bits per heavy atom. The summed E-state index contributed by atoms with van der Waals surface area (Å²) < 4.78 is 10.8. The Balaban J connectivity index is 1.96. The maximum absolute atomic E-state index is 5.40. The van der Waals surface area contributed by atoms with E-state index in [1.165, 1.54) is 0 Å². The molecular formula is C14H25N5O2. The molecule has 0 unspecified atom stereocenters. The molecule has 1 fully saturated rings. The molecule has 21 heavy (non-hydrogen) atoms. The van der Waals surface area contributed by atoms with Crippen molar-refractivity contribution in [1.29, 1.82) is 0 Å². The molecule has 0 atom stereocenters. The summed E-state index contributed by atoms with van der Waals surface area (Å²) in [5, 5.41) is 6.46. The highest BCUT2D eigenvalue weighted by Gasteiger charge is 2.14. The second-order valence-corrected chi connectivity index (χ2v) is 5.06. The predicted octanol–water partition coefficient (Wildman–Crippen LogP) is 1.93. The van der Waals surface area contributed by atoms with Gasteiger partial charge < -0.3 is 20.1 Å². The summed E-state index contributed by atoms with van der Waals surface area (Å²) >= 11 is 0. The van der Waals surface area contributed by atoms with E-state index in [-0.39, 0.29) is 0 Å². The molecular weight excluding hydrogens is 270 g/mol. The van der Waals surface area contributed by atoms with Crippen LogP contribution in [0.1, 0.15) is 33.1 Å². The third-order valence-corrected chi connectivity index (χ3v) is 3.31. The van der Waals surface area contributed by atoms with E-state index in [9.17, 15) is 0 Å². The number of nitrogens with zero attached hydrogens (tertiary/aromatic N) is 3. The average Bonchev–Trinajstić information content (AvgIpc) is 2.52. The number of nitrogens with one attached hydrogen (secondary N) is 2. The van der Waals surface area contributed by atoms with Gasteiger partial charge in [0, 0.05) is 26.3 Å². The predicted molar refractivity (Wildman–Crippen MR) is 81.8 cm³/mol. The van der Waals surface area contributed by atoms with Gasteiger partial charge >= 0.3 is 6.01 Å². The Labute approximate surface area is 125 Å². The van der Waals surface area contributed by atoms with Crippen LogP contribution in [0.2, 0.25) is 0 Å². The summed E-state index contributed by atoms with van der Waals surface area (Å²) in [5.74, 6) is 1.74. The first-order valence-electron chi connectivity index (χ1n) is 7.76. The Morgan fingerprint density at radius 1 is 1.10 bits per heavy atom. The van der Waals surface area contributed by atoms with Crippen LogP contribution >= 0.6 is 0 Å². The molecule has 2 heterocycles. The molecule has 0 spiro atoms. The van der Waals surface area contributed by atoms with Gasteiger partial charge in [-0.1, -0.05) is 6.92 Å². The Hall–Kier alpha value is -1.63. The molecule has 2 rings (SSSR count). The van der Waals surface area contributed by atoms with E-state index in [1.54, 1.807) is 0 Å². The van der Waals surface area contributed by atoms with E-state index in [0.717, 1.165) is 45.6 Å². The van der Waals surface area contributed by atoms with Crippen molar-refractivity contribution < 1.29 is 9.47 Å². The molecule has 1 aliphatic heterocycles. The van der Waals surface area contributed by atoms with Crippen molar-refractivity contribution in [2.75, 3.05) is 43.5 Å². The normalized spacial score (nSPS) is 15.7. The van der Waals surface area contributed by atoms with Gasteiger partial charge in [0.15, 0.2) is 0 Å². The van der Waals surface area contributed by atoms with Gasteiger partial charge in [-0.3, -0.25) is 0 Å². The minimum absolute atomic E-state index is 0.362. The van der Waals surface area contributed by atoms with E-state index >= 15 is 0 Å². The zero-order chi connectivity index (χ0) is 14.9. The van der Waals surface area contributed by atoms with Gasteiger partial charge in [0.2, 0.25) is 11.9 Å². The molecule has 0 saturated carbocycles. The van der Waals surface area contributed by atoms with Gasteiger partial charge in [0.25, 0.3) is 0 Å². The number of hydrogen-bond acceptors (Lipinski definition) is 7. The molecule has 0 radical (unpaired) electrons. The highest BCUT2D eigenvalue weighted by Crippen LogP contribution is 2.16. The van der Waals surface area contributed by atoms with Crippen LogP contribution in [-0.2, 0) is 4.74 Å². The van der Waals surface area contributed by atoms with Crippen LogP contribution in [0.15, 0.2) is 0 Å². The van der Waals surface area contributed by atoms with Crippen LogP contribution in [0.4, 0.5) is 11.9 Å². The van der Waals surface area contributed by atoms with Crippen molar-refractivity contribution >= 4 is 11.9 Å². The van der Waals surface area contributed by atoms with Crippen LogP contribution in [-0.4, -0.2) is 47.9 Å². The van der Waals surface area contributed by atoms with Crippen molar-refractivity contribution in [2.45, 2.75) is 33.1 Å². The number of ether oxygens (including phenoxy) is 2. The quantitative estimate of drug-likeness (QED) is 0.758. The lowest BCUT2D eigenvalue weighted by Crippen LogP contribution is -2.23. The molecule has 1 saturated heterocycles. The zero-order valence-electron chi connectivity index (χ0n) is 12.9. The standard InChI is InChI=1S/C14H25N5O2/c1-3-7-15-12-17-13(19-14(18-12)21-4-2)16-10-11-5-8-20-9-6-11/h11H,3-10H2,1-2H3,(H2,15,16,17,18,19). The van der Waals surface area contributed by atoms with E-state index < -0.39 is 0 Å². The van der Waals surface area contributed by atoms with Gasteiger partial charge in [0.1, 0.15) is 0 Å². The minimum atomic E-state index is 0.362. The SMILES string of the molecule is CCCNc1nc(NCC2CCOCC2)nc(OCC)n1. The van der Waals surface area contributed by atoms with E-state index in [0.29, 0.717) is 30.4 Å². The molecule has 1 aromatic heterocycles. The molecule has 1 aliphatic rings. The van der Waals surface area contributed by atoms with Crippen LogP contribution < -0.4 is 15.4 Å². The second-order valence-electron chi connectivity index (χ2n) is 5.06. The second kappa shape index (κ2) is 8.61. The Bertz CT molecular complexity index is 424. The van der Waals surface area contributed by atoms with Crippen molar-refractivity contribution in [3.05, 3.63) is 0 Å². The van der Waals surface area contributed by atoms with Crippen molar-refractivity contribution in [3.8, 4) is 6.01 Å². The third kappa shape index (κ3) is 5.34. The van der Waals surface area contributed by atoms with E-state index in [4.69, 9.17) is 9.47 Å². The summed E-state index contributed by atoms with van der Waals surface area (Å²) in [6, 6.07) is 0.362. The maximum atomic E-state index is 5.40. The van der Waals surface area contributed by atoms with Crippen molar-refractivity contribution in [1.82, 2.24) is 15.0 Å². The first-order chi connectivity index (χ1) is 10.3. The Morgan fingerprint density at radius 3 is 2.48 bits per heavy atom. The number of aromatic nitrogens is 3. The lowest BCUT2D eigenvalue weighted by Gasteiger charge is -2.22. The average molecular weight is 295 g/mol. The largest absolute Gasteiger partial charge is 0.464 e. The van der Waals surface area contributed by atoms with Crippen LogP contribution in [0.5, 0.6) is 6.01 Å². The fraction of sp³-hybridized carbons (Fsp3) is 0.786. The molecule has 2 N–H and O–H groups in total. The fourth-order valence-corrected chi connectivity index (χ4v) is 2.13. The first-order valence-corrected chi connectivity index (χ1v) is 7.76. The van der Waals surface area contributed by atoms with E-state index in [1.807, 2.05) is 6.92 Å². The van der Waals surface area contributed by atoms with Gasteiger partial charge in [-0.05, 0) is 32.1 Å². The topological polar surface area (TPSA) is 81.2 Å². The number of anilines is 2. The monoisotopic (exact) mass is 295 g/mol. The molecule has 7 heteroatoms. The van der Waals surface area contributed by atoms with E-state index in [2.05, 4.69) is 32.5 Å². The minimum Gasteiger partial charge on any atom is -0.464 e. The molecule has 0 bridgehead atoms. The fourth-order valence-electron chi connectivity index (χ4n) is 2.13. The lowest BCUT2D eigenvalue weighted by molar-refractivity contribution is 0.0699. The molecule has 118 valence electrons. The lowest BCUT2D eigenvalue weighted by atomic mass is 10.0. The summed E-state index contributed by atoms with van der Waals surface area (Å²) in [6.07, 6.45) is 3.18. The molecule has 0 amide bonds. The van der Waals surface area contributed by atoms with Gasteiger partial charge in [-0.15, -0.1) is 0 Å². The smallest absolute Gasteiger partial charge is 0.323 e. The third-order valence-electron chi connectivity index (χ3n) is 3.31. The van der Waals surface area contributed by atoms with Gasteiger partial charge in [-0.25, -0.2) is 0 Å². The molecule has 0 aromatic carbocycles. The van der Waals surface area contributed by atoms with Gasteiger partial charge in [-0.2, -0.15) is 15.0 Å². The van der Waals surface area contributed by atoms with Crippen molar-refractivity contribution in [2.24, 2.45) is 5.92 Å². The maximum Gasteiger partial charge on any atom is 0.323 e. The van der Waals surface area contributed by atoms with Crippen LogP contribution in [0, 0.1) is 5.92 Å². The molecule has 7 nitrogen and oxygen atoms in total. The van der Waals surface area contributed by atoms with Crippen molar-refractivity contribution in [3.63, 3.8) is 0 Å². The summed E-state index contributed by atoms with van der Waals surface area (Å²) in [4.78, 5) is 12.9. The summed E-state index contributed by atoms with van der Waals surface area (Å²) in [5.41, 5.74) is 0. The zero-order valence-corrected chi connectivity index (χ0v) is 12.9. The number of rotatable bonds is 8.